The molecule has 2 aromatic rings. The normalized spacial score (nSPS) is 10.6. The lowest BCUT2D eigenvalue weighted by Gasteiger charge is -2.08. The number of hydrogen-bond donors (Lipinski definition) is 3. The van der Waals surface area contributed by atoms with Crippen LogP contribution in [0, 0.1) is 3.57 Å². The van der Waals surface area contributed by atoms with Crippen molar-refractivity contribution in [1.82, 2.24) is 5.43 Å². The van der Waals surface area contributed by atoms with E-state index in [1.54, 1.807) is 12.1 Å². The van der Waals surface area contributed by atoms with Gasteiger partial charge in [0.2, 0.25) is 0 Å². The lowest BCUT2D eigenvalue weighted by atomic mass is 10.2. The van der Waals surface area contributed by atoms with E-state index in [9.17, 15) is 9.90 Å². The molecule has 0 aliphatic heterocycles. The molecule has 0 saturated carbocycles. The monoisotopic (exact) mass is 439 g/mol. The minimum atomic E-state index is -0.256. The highest BCUT2D eigenvalue weighted by Gasteiger charge is 2.08. The van der Waals surface area contributed by atoms with E-state index in [-0.39, 0.29) is 18.2 Å². The molecule has 0 saturated heterocycles. The molecule has 0 atom stereocenters. The van der Waals surface area contributed by atoms with Gasteiger partial charge in [-0.1, -0.05) is 18.2 Å². The van der Waals surface area contributed by atoms with Crippen LogP contribution in [0.25, 0.3) is 0 Å². The molecule has 24 heavy (non-hydrogen) atoms. The number of carbonyl (C=O) groups excluding carboxylic acids is 1. The summed E-state index contributed by atoms with van der Waals surface area (Å²) in [5.74, 6) is 0.238. The molecular formula is C17H18IN3O3. The second-order valence-electron chi connectivity index (χ2n) is 4.80. The Bertz CT molecular complexity index is 721. The van der Waals surface area contributed by atoms with Crippen molar-refractivity contribution >= 4 is 40.4 Å². The fourth-order valence-corrected chi connectivity index (χ4v) is 2.52. The molecule has 0 fully saturated rings. The number of para-hydroxylation sites is 1. The predicted molar refractivity (Wildman–Crippen MR) is 103 cm³/mol. The van der Waals surface area contributed by atoms with E-state index >= 15 is 0 Å². The number of nitrogens with zero attached hydrogens (tertiary/aromatic N) is 1. The second kappa shape index (κ2) is 9.11. The Balaban J connectivity index is 1.90. The zero-order chi connectivity index (χ0) is 17.4. The van der Waals surface area contributed by atoms with Crippen molar-refractivity contribution in [3.05, 3.63) is 51.6 Å². The first-order valence-electron chi connectivity index (χ1n) is 7.36. The van der Waals surface area contributed by atoms with Crippen LogP contribution in [-0.4, -0.2) is 30.4 Å². The van der Waals surface area contributed by atoms with Gasteiger partial charge < -0.3 is 15.2 Å². The molecule has 7 heteroatoms. The lowest BCUT2D eigenvalue weighted by molar-refractivity contribution is -0.119. The molecule has 0 spiro atoms. The molecule has 0 heterocycles. The number of phenolic OH excluding ortho intramolecular Hbond substituents is 1. The van der Waals surface area contributed by atoms with E-state index in [1.165, 1.54) is 6.21 Å². The van der Waals surface area contributed by atoms with Gasteiger partial charge in [0.15, 0.2) is 11.5 Å². The average molecular weight is 439 g/mol. The Morgan fingerprint density at radius 2 is 2.08 bits per heavy atom. The van der Waals surface area contributed by atoms with E-state index in [0.29, 0.717) is 15.9 Å². The van der Waals surface area contributed by atoms with Gasteiger partial charge in [0, 0.05) is 5.69 Å². The summed E-state index contributed by atoms with van der Waals surface area (Å²) in [5, 5.41) is 16.8. The smallest absolute Gasteiger partial charge is 0.259 e. The van der Waals surface area contributed by atoms with Crippen LogP contribution in [0.5, 0.6) is 11.5 Å². The Kier molecular flexibility index (Phi) is 6.86. The molecule has 126 valence electrons. The summed E-state index contributed by atoms with van der Waals surface area (Å²) < 4.78 is 6.01. The van der Waals surface area contributed by atoms with Crippen molar-refractivity contribution in [2.45, 2.75) is 6.92 Å². The standard InChI is InChI=1S/C17H18IN3O3/c1-2-24-15-9-12(8-14(18)17(15)23)10-20-21-16(22)11-19-13-6-4-3-5-7-13/h3-10,19,23H,2,11H2,1H3,(H,21,22)/b20-10-. The topological polar surface area (TPSA) is 83.0 Å². The van der Waals surface area contributed by atoms with E-state index in [1.807, 2.05) is 59.8 Å². The molecule has 0 aromatic heterocycles. The van der Waals surface area contributed by atoms with Gasteiger partial charge in [-0.3, -0.25) is 4.79 Å². The highest BCUT2D eigenvalue weighted by Crippen LogP contribution is 2.32. The second-order valence-corrected chi connectivity index (χ2v) is 5.96. The molecule has 3 N–H and O–H groups in total. The average Bonchev–Trinajstić information content (AvgIpc) is 2.58. The predicted octanol–water partition coefficient (Wildman–Crippen LogP) is 2.96. The summed E-state index contributed by atoms with van der Waals surface area (Å²) in [5.41, 5.74) is 4.04. The number of hydrazone groups is 1. The summed E-state index contributed by atoms with van der Waals surface area (Å²) in [4.78, 5) is 11.7. The Morgan fingerprint density at radius 1 is 1.33 bits per heavy atom. The minimum Gasteiger partial charge on any atom is -0.504 e. The summed E-state index contributed by atoms with van der Waals surface area (Å²) >= 11 is 2.01. The third-order valence-electron chi connectivity index (χ3n) is 2.98. The van der Waals surface area contributed by atoms with E-state index < -0.39 is 0 Å². The van der Waals surface area contributed by atoms with Crippen molar-refractivity contribution in [1.29, 1.82) is 0 Å². The van der Waals surface area contributed by atoms with Gasteiger partial charge >= 0.3 is 0 Å². The van der Waals surface area contributed by atoms with Crippen LogP contribution in [0.1, 0.15) is 12.5 Å². The first kappa shape index (κ1) is 18.1. The fraction of sp³-hybridized carbons (Fsp3) is 0.176. The maximum absolute atomic E-state index is 11.7. The first-order chi connectivity index (χ1) is 11.6. The van der Waals surface area contributed by atoms with Gasteiger partial charge in [-0.2, -0.15) is 5.10 Å². The third kappa shape index (κ3) is 5.41. The molecule has 6 nitrogen and oxygen atoms in total. The number of ether oxygens (including phenoxy) is 1. The molecule has 2 rings (SSSR count). The number of carbonyl (C=O) groups is 1. The Hall–Kier alpha value is -2.29. The number of benzene rings is 2. The molecule has 0 aliphatic carbocycles. The fourth-order valence-electron chi connectivity index (χ4n) is 1.89. The van der Waals surface area contributed by atoms with Crippen molar-refractivity contribution < 1.29 is 14.6 Å². The molecule has 0 bridgehead atoms. The van der Waals surface area contributed by atoms with E-state index in [2.05, 4.69) is 15.8 Å². The van der Waals surface area contributed by atoms with Crippen LogP contribution in [0.3, 0.4) is 0 Å². The number of phenols is 1. The number of amides is 1. The number of aromatic hydroxyl groups is 1. The van der Waals surface area contributed by atoms with Crippen LogP contribution >= 0.6 is 22.6 Å². The van der Waals surface area contributed by atoms with Gasteiger partial charge in [0.1, 0.15) is 0 Å². The molecule has 0 radical (unpaired) electrons. The van der Waals surface area contributed by atoms with Gasteiger partial charge in [0.05, 0.1) is 22.9 Å². The number of rotatable bonds is 7. The number of halogens is 1. The van der Waals surface area contributed by atoms with Crippen molar-refractivity contribution in [2.75, 3.05) is 18.5 Å². The Morgan fingerprint density at radius 3 is 2.79 bits per heavy atom. The number of hydrogen-bond acceptors (Lipinski definition) is 5. The maximum atomic E-state index is 11.7. The molecule has 1 amide bonds. The van der Waals surface area contributed by atoms with Gasteiger partial charge in [-0.05, 0) is 59.3 Å². The quantitative estimate of drug-likeness (QED) is 0.352. The largest absolute Gasteiger partial charge is 0.504 e. The van der Waals surface area contributed by atoms with Crippen LogP contribution in [-0.2, 0) is 4.79 Å². The maximum Gasteiger partial charge on any atom is 0.259 e. The lowest BCUT2D eigenvalue weighted by Crippen LogP contribution is -2.25. The van der Waals surface area contributed by atoms with Gasteiger partial charge in [-0.25, -0.2) is 5.43 Å². The summed E-state index contributed by atoms with van der Waals surface area (Å²) in [6, 6.07) is 12.9. The van der Waals surface area contributed by atoms with Crippen molar-refractivity contribution in [3.63, 3.8) is 0 Å². The zero-order valence-electron chi connectivity index (χ0n) is 13.1. The van der Waals surface area contributed by atoms with Crippen LogP contribution in [0.15, 0.2) is 47.6 Å². The Labute approximate surface area is 154 Å². The third-order valence-corrected chi connectivity index (χ3v) is 3.80. The molecule has 2 aromatic carbocycles. The molecule has 0 unspecified atom stereocenters. The van der Waals surface area contributed by atoms with Gasteiger partial charge in [-0.15, -0.1) is 0 Å². The minimum absolute atomic E-state index is 0.102. The van der Waals surface area contributed by atoms with Crippen LogP contribution in [0.2, 0.25) is 0 Å². The van der Waals surface area contributed by atoms with Crippen molar-refractivity contribution in [2.24, 2.45) is 5.10 Å². The van der Waals surface area contributed by atoms with Crippen LogP contribution in [0.4, 0.5) is 5.69 Å². The highest BCUT2D eigenvalue weighted by molar-refractivity contribution is 14.1. The molecule has 0 aliphatic rings. The highest BCUT2D eigenvalue weighted by atomic mass is 127. The van der Waals surface area contributed by atoms with Gasteiger partial charge in [0.25, 0.3) is 5.91 Å². The van der Waals surface area contributed by atoms with E-state index in [4.69, 9.17) is 4.74 Å². The summed E-state index contributed by atoms with van der Waals surface area (Å²) in [6.07, 6.45) is 1.50. The molecular weight excluding hydrogens is 421 g/mol. The van der Waals surface area contributed by atoms with E-state index in [0.717, 1.165) is 11.3 Å². The number of anilines is 1. The number of nitrogens with one attached hydrogen (secondary N) is 2. The SMILES string of the molecule is CCOc1cc(/C=N\NC(=O)CNc2ccccc2)cc(I)c1O. The van der Waals surface area contributed by atoms with Crippen LogP contribution < -0.4 is 15.5 Å². The zero-order valence-corrected chi connectivity index (χ0v) is 15.3. The summed E-state index contributed by atoms with van der Waals surface area (Å²) in [7, 11) is 0. The first-order valence-corrected chi connectivity index (χ1v) is 8.44. The van der Waals surface area contributed by atoms with Crippen molar-refractivity contribution in [3.8, 4) is 11.5 Å². The summed E-state index contributed by atoms with van der Waals surface area (Å²) in [6.45, 7) is 2.41.